The molecule has 0 aliphatic heterocycles. The van der Waals surface area contributed by atoms with Crippen molar-refractivity contribution >= 4 is 28.6 Å². The molecular formula is C25H22N4O4. The van der Waals surface area contributed by atoms with Crippen LogP contribution >= 0.6 is 0 Å². The highest BCUT2D eigenvalue weighted by molar-refractivity contribution is 5.94. The third-order valence-corrected chi connectivity index (χ3v) is 5.51. The van der Waals surface area contributed by atoms with Gasteiger partial charge in [-0.15, -0.1) is 0 Å². The molecule has 8 heteroatoms. The number of fused-ring (bicyclic) bond motifs is 1. The maximum absolute atomic E-state index is 12.6. The van der Waals surface area contributed by atoms with E-state index in [0.29, 0.717) is 23.7 Å². The molecule has 4 rings (SSSR count). The van der Waals surface area contributed by atoms with Gasteiger partial charge in [0, 0.05) is 17.3 Å². The Morgan fingerprint density at radius 3 is 2.76 bits per heavy atom. The molecule has 0 aliphatic carbocycles. The molecule has 8 nitrogen and oxygen atoms in total. The van der Waals surface area contributed by atoms with Gasteiger partial charge in [0.1, 0.15) is 17.6 Å². The van der Waals surface area contributed by atoms with E-state index in [1.807, 2.05) is 50.2 Å². The number of amides is 1. The molecule has 0 atom stereocenters. The molecule has 4 aromatic rings. The monoisotopic (exact) mass is 442 g/mol. The molecule has 3 aromatic heterocycles. The summed E-state index contributed by atoms with van der Waals surface area (Å²) in [5.41, 5.74) is 3.41. The second kappa shape index (κ2) is 9.40. The normalized spacial score (nSPS) is 10.7. The molecule has 33 heavy (non-hydrogen) atoms. The summed E-state index contributed by atoms with van der Waals surface area (Å²) in [4.78, 5) is 29.3. The topological polar surface area (TPSA) is 110 Å². The number of nitriles is 1. The highest BCUT2D eigenvalue weighted by atomic mass is 16.5. The summed E-state index contributed by atoms with van der Waals surface area (Å²) in [5.74, 6) is -0.0392. The number of rotatable bonds is 7. The van der Waals surface area contributed by atoms with Gasteiger partial charge in [0.2, 0.25) is 0 Å². The van der Waals surface area contributed by atoms with Crippen LogP contribution in [-0.4, -0.2) is 28.0 Å². The average Bonchev–Trinajstić information content (AvgIpc) is 3.41. The Labute approximate surface area is 190 Å². The van der Waals surface area contributed by atoms with Crippen LogP contribution in [0.5, 0.6) is 0 Å². The van der Waals surface area contributed by atoms with Crippen molar-refractivity contribution in [2.24, 2.45) is 0 Å². The summed E-state index contributed by atoms with van der Waals surface area (Å²) < 4.78 is 12.4. The van der Waals surface area contributed by atoms with E-state index in [9.17, 15) is 14.9 Å². The first kappa shape index (κ1) is 21.8. The number of carbonyl (C=O) groups excluding carboxylic acids is 2. The minimum atomic E-state index is -0.540. The molecule has 0 spiro atoms. The predicted molar refractivity (Wildman–Crippen MR) is 121 cm³/mol. The Morgan fingerprint density at radius 2 is 2.00 bits per heavy atom. The fourth-order valence-electron chi connectivity index (χ4n) is 3.72. The first-order valence-corrected chi connectivity index (χ1v) is 10.4. The fraction of sp³-hybridized carbons (Fsp3) is 0.200. The van der Waals surface area contributed by atoms with E-state index in [4.69, 9.17) is 9.15 Å². The maximum Gasteiger partial charge on any atom is 0.310 e. The Balaban J connectivity index is 1.44. The number of esters is 1. The van der Waals surface area contributed by atoms with Crippen molar-refractivity contribution in [3.63, 3.8) is 0 Å². The number of hydrogen-bond acceptors (Lipinski definition) is 6. The van der Waals surface area contributed by atoms with E-state index in [2.05, 4.69) is 16.4 Å². The molecule has 0 fully saturated rings. The molecular weight excluding hydrogens is 420 g/mol. The minimum absolute atomic E-state index is 0.00182. The van der Waals surface area contributed by atoms with Gasteiger partial charge in [0.15, 0.2) is 6.61 Å². The molecule has 0 radical (unpaired) electrons. The van der Waals surface area contributed by atoms with Crippen molar-refractivity contribution in [3.8, 4) is 6.07 Å². The Morgan fingerprint density at radius 1 is 1.18 bits per heavy atom. The highest BCUT2D eigenvalue weighted by Crippen LogP contribution is 2.27. The van der Waals surface area contributed by atoms with Crippen LogP contribution in [0.4, 0.5) is 5.82 Å². The Hall–Kier alpha value is -4.38. The number of nitrogens with zero attached hydrogens (tertiary/aromatic N) is 3. The number of carbonyl (C=O) groups is 2. The van der Waals surface area contributed by atoms with Crippen LogP contribution in [0.15, 0.2) is 59.3 Å². The second-order valence-corrected chi connectivity index (χ2v) is 7.59. The number of ether oxygens (including phenoxy) is 1. The molecule has 1 amide bonds. The lowest BCUT2D eigenvalue weighted by molar-refractivity contribution is -0.146. The van der Waals surface area contributed by atoms with Crippen molar-refractivity contribution in [2.45, 2.75) is 26.8 Å². The van der Waals surface area contributed by atoms with Crippen molar-refractivity contribution < 1.29 is 18.7 Å². The van der Waals surface area contributed by atoms with Crippen molar-refractivity contribution in [2.75, 3.05) is 11.9 Å². The lowest BCUT2D eigenvalue weighted by Crippen LogP contribution is -2.23. The zero-order chi connectivity index (χ0) is 23.4. The van der Waals surface area contributed by atoms with E-state index in [0.717, 1.165) is 27.7 Å². The summed E-state index contributed by atoms with van der Waals surface area (Å²) >= 11 is 0. The number of benzene rings is 1. The summed E-state index contributed by atoms with van der Waals surface area (Å²) in [6.45, 7) is 3.57. The molecule has 0 aliphatic rings. The van der Waals surface area contributed by atoms with Gasteiger partial charge in [0.25, 0.3) is 5.91 Å². The van der Waals surface area contributed by atoms with Crippen LogP contribution in [0.3, 0.4) is 0 Å². The number of anilines is 1. The fourth-order valence-corrected chi connectivity index (χ4v) is 3.72. The third-order valence-electron chi connectivity index (χ3n) is 5.51. The highest BCUT2D eigenvalue weighted by Gasteiger charge is 2.21. The summed E-state index contributed by atoms with van der Waals surface area (Å²) in [7, 11) is 0. The van der Waals surface area contributed by atoms with Crippen LogP contribution in [0.2, 0.25) is 0 Å². The van der Waals surface area contributed by atoms with Crippen molar-refractivity contribution in [3.05, 3.63) is 83.1 Å². The summed E-state index contributed by atoms with van der Waals surface area (Å²) in [6.07, 6.45) is 3.23. The number of furan rings is 1. The number of aromatic nitrogens is 2. The lowest BCUT2D eigenvalue weighted by Gasteiger charge is -2.12. The second-order valence-electron chi connectivity index (χ2n) is 7.59. The number of hydrogen-bond donors (Lipinski definition) is 1. The SMILES string of the molecule is Cc1c(C#N)c(NC(=O)COC(=O)Cc2cccc3cccnc23)n(Cc2ccco2)c1C. The van der Waals surface area contributed by atoms with E-state index in [1.54, 1.807) is 23.1 Å². The Kier molecular flexibility index (Phi) is 6.22. The molecule has 0 saturated heterocycles. The van der Waals surface area contributed by atoms with Crippen molar-refractivity contribution in [1.29, 1.82) is 5.26 Å². The van der Waals surface area contributed by atoms with Gasteiger partial charge in [0.05, 0.1) is 30.3 Å². The number of nitrogens with one attached hydrogen (secondary N) is 1. The Bertz CT molecular complexity index is 1360. The number of para-hydroxylation sites is 1. The van der Waals surface area contributed by atoms with E-state index in [1.165, 1.54) is 0 Å². The van der Waals surface area contributed by atoms with Gasteiger partial charge in [-0.2, -0.15) is 5.26 Å². The molecule has 3 heterocycles. The quantitative estimate of drug-likeness (QED) is 0.435. The van der Waals surface area contributed by atoms with Gasteiger partial charge in [-0.05, 0) is 43.2 Å². The van der Waals surface area contributed by atoms with Crippen LogP contribution in [0.25, 0.3) is 10.9 Å². The number of pyridine rings is 1. The molecule has 1 aromatic carbocycles. The molecule has 0 bridgehead atoms. The largest absolute Gasteiger partial charge is 0.467 e. The molecule has 1 N–H and O–H groups in total. The van der Waals surface area contributed by atoms with E-state index < -0.39 is 18.5 Å². The van der Waals surface area contributed by atoms with Gasteiger partial charge in [-0.1, -0.05) is 24.3 Å². The minimum Gasteiger partial charge on any atom is -0.467 e. The van der Waals surface area contributed by atoms with Gasteiger partial charge < -0.3 is 19.0 Å². The van der Waals surface area contributed by atoms with Crippen LogP contribution < -0.4 is 5.32 Å². The van der Waals surface area contributed by atoms with Gasteiger partial charge >= 0.3 is 5.97 Å². The first-order valence-electron chi connectivity index (χ1n) is 10.4. The van der Waals surface area contributed by atoms with Crippen LogP contribution in [-0.2, 0) is 27.3 Å². The van der Waals surface area contributed by atoms with Crippen LogP contribution in [0, 0.1) is 25.2 Å². The van der Waals surface area contributed by atoms with E-state index >= 15 is 0 Å². The molecule has 0 unspecified atom stereocenters. The molecule has 166 valence electrons. The lowest BCUT2D eigenvalue weighted by atomic mass is 10.1. The van der Waals surface area contributed by atoms with E-state index in [-0.39, 0.29) is 6.42 Å². The summed E-state index contributed by atoms with van der Waals surface area (Å²) in [5, 5.41) is 13.3. The van der Waals surface area contributed by atoms with Gasteiger partial charge in [-0.3, -0.25) is 14.6 Å². The standard InChI is InChI=1S/C25H22N4O4/c1-16-17(2)29(14-20-9-5-11-32-20)25(21(16)13-26)28-22(30)15-33-23(31)12-19-7-3-6-18-8-4-10-27-24(18)19/h3-11H,12,14-15H2,1-2H3,(H,28,30). The third kappa shape index (κ3) is 4.62. The van der Waals surface area contributed by atoms with Crippen LogP contribution in [0.1, 0.15) is 28.1 Å². The zero-order valence-corrected chi connectivity index (χ0v) is 18.3. The predicted octanol–water partition coefficient (Wildman–Crippen LogP) is 3.89. The summed E-state index contributed by atoms with van der Waals surface area (Å²) in [6, 6.07) is 15.0. The smallest absolute Gasteiger partial charge is 0.310 e. The first-order chi connectivity index (χ1) is 16.0. The molecule has 0 saturated carbocycles. The van der Waals surface area contributed by atoms with Crippen molar-refractivity contribution in [1.82, 2.24) is 9.55 Å². The maximum atomic E-state index is 12.6. The zero-order valence-electron chi connectivity index (χ0n) is 18.3. The average molecular weight is 442 g/mol. The van der Waals surface area contributed by atoms with Gasteiger partial charge in [-0.25, -0.2) is 0 Å².